The molecule has 0 radical (unpaired) electrons. The van der Waals surface area contributed by atoms with E-state index in [-0.39, 0.29) is 0 Å². The molecule has 1 aliphatic rings. The highest BCUT2D eigenvalue weighted by Gasteiger charge is 2.29. The molecule has 3 rings (SSSR count). The molecule has 0 aromatic heterocycles. The van der Waals surface area contributed by atoms with Crippen LogP contribution in [0.2, 0.25) is 0 Å². The molecule has 0 heterocycles. The molecule has 4 heteroatoms. The number of rotatable bonds is 5. The summed E-state index contributed by atoms with van der Waals surface area (Å²) in [5.41, 5.74) is 8.18. The van der Waals surface area contributed by atoms with Crippen molar-refractivity contribution < 1.29 is 8.78 Å². The van der Waals surface area contributed by atoms with E-state index in [1.54, 1.807) is 0 Å². The number of hydrogen-bond donors (Lipinski definition) is 1. The van der Waals surface area contributed by atoms with Crippen molar-refractivity contribution in [2.24, 2.45) is 0 Å². The van der Waals surface area contributed by atoms with E-state index < -0.39 is 11.6 Å². The molecule has 0 amide bonds. The normalized spacial score (nSPS) is 14.6. The maximum atomic E-state index is 13.8. The maximum Gasteiger partial charge on any atom is 0.130 e. The molecule has 0 spiro atoms. The van der Waals surface area contributed by atoms with E-state index in [4.69, 9.17) is 5.73 Å². The van der Waals surface area contributed by atoms with Gasteiger partial charge in [-0.2, -0.15) is 0 Å². The van der Waals surface area contributed by atoms with Gasteiger partial charge in [-0.3, -0.25) is 4.90 Å². The SMILES string of the molecule is Nc1cccc(CN(Cc2ccc(F)cc2F)C2CC2)c1. The topological polar surface area (TPSA) is 29.3 Å². The van der Waals surface area contributed by atoms with Crippen LogP contribution in [0.4, 0.5) is 14.5 Å². The van der Waals surface area contributed by atoms with Gasteiger partial charge in [0.2, 0.25) is 0 Å². The molecule has 0 aliphatic heterocycles. The Morgan fingerprint density at radius 3 is 2.52 bits per heavy atom. The minimum Gasteiger partial charge on any atom is -0.399 e. The van der Waals surface area contributed by atoms with Crippen LogP contribution >= 0.6 is 0 Å². The molecule has 1 fully saturated rings. The van der Waals surface area contributed by atoms with Gasteiger partial charge >= 0.3 is 0 Å². The van der Waals surface area contributed by atoms with Gasteiger partial charge in [0.15, 0.2) is 0 Å². The zero-order chi connectivity index (χ0) is 14.8. The van der Waals surface area contributed by atoms with Crippen molar-refractivity contribution in [2.75, 3.05) is 5.73 Å². The molecule has 110 valence electrons. The van der Waals surface area contributed by atoms with Crippen molar-refractivity contribution in [3.8, 4) is 0 Å². The molecule has 0 atom stereocenters. The third kappa shape index (κ3) is 3.58. The van der Waals surface area contributed by atoms with Crippen LogP contribution in [0.1, 0.15) is 24.0 Å². The first-order chi connectivity index (χ1) is 10.1. The number of nitrogens with two attached hydrogens (primary N) is 1. The quantitative estimate of drug-likeness (QED) is 0.850. The molecule has 0 bridgehead atoms. The Morgan fingerprint density at radius 1 is 1.05 bits per heavy atom. The molecule has 0 unspecified atom stereocenters. The number of halogens is 2. The second-order valence-corrected chi connectivity index (χ2v) is 5.62. The van der Waals surface area contributed by atoms with E-state index >= 15 is 0 Å². The Balaban J connectivity index is 1.76. The first-order valence-electron chi connectivity index (χ1n) is 7.14. The van der Waals surface area contributed by atoms with Crippen molar-refractivity contribution in [3.63, 3.8) is 0 Å². The van der Waals surface area contributed by atoms with E-state index in [0.29, 0.717) is 18.2 Å². The van der Waals surface area contributed by atoms with Crippen LogP contribution in [0, 0.1) is 11.6 Å². The fraction of sp³-hybridized carbons (Fsp3) is 0.294. The molecule has 2 aromatic rings. The zero-order valence-corrected chi connectivity index (χ0v) is 11.7. The number of benzene rings is 2. The van der Waals surface area contributed by atoms with E-state index in [0.717, 1.165) is 36.7 Å². The van der Waals surface area contributed by atoms with Crippen LogP contribution < -0.4 is 5.73 Å². The van der Waals surface area contributed by atoms with Gasteiger partial charge in [-0.25, -0.2) is 8.78 Å². The van der Waals surface area contributed by atoms with Gasteiger partial charge in [0.05, 0.1) is 0 Å². The Bertz CT molecular complexity index is 638. The van der Waals surface area contributed by atoms with Gasteiger partial charge in [-0.1, -0.05) is 18.2 Å². The Hall–Kier alpha value is -1.94. The highest BCUT2D eigenvalue weighted by molar-refractivity contribution is 5.40. The summed E-state index contributed by atoms with van der Waals surface area (Å²) < 4.78 is 26.8. The second-order valence-electron chi connectivity index (χ2n) is 5.62. The predicted octanol–water partition coefficient (Wildman–Crippen LogP) is 3.71. The first-order valence-corrected chi connectivity index (χ1v) is 7.14. The lowest BCUT2D eigenvalue weighted by Crippen LogP contribution is -2.25. The average Bonchev–Trinajstić information content (AvgIpc) is 3.25. The number of hydrogen-bond acceptors (Lipinski definition) is 2. The van der Waals surface area contributed by atoms with Crippen LogP contribution in [0.3, 0.4) is 0 Å². The van der Waals surface area contributed by atoms with Crippen LogP contribution in [0.15, 0.2) is 42.5 Å². The molecule has 1 aliphatic carbocycles. The molecule has 2 aromatic carbocycles. The minimum atomic E-state index is -0.537. The number of nitrogens with zero attached hydrogens (tertiary/aromatic N) is 1. The molecule has 0 saturated heterocycles. The minimum absolute atomic E-state index is 0.478. The maximum absolute atomic E-state index is 13.8. The van der Waals surface area contributed by atoms with E-state index in [2.05, 4.69) is 4.90 Å². The summed E-state index contributed by atoms with van der Waals surface area (Å²) >= 11 is 0. The largest absolute Gasteiger partial charge is 0.399 e. The highest BCUT2D eigenvalue weighted by atomic mass is 19.1. The summed E-state index contributed by atoms with van der Waals surface area (Å²) in [7, 11) is 0. The Kier molecular flexibility index (Phi) is 3.88. The van der Waals surface area contributed by atoms with Crippen LogP contribution in [-0.4, -0.2) is 10.9 Å². The summed E-state index contributed by atoms with van der Waals surface area (Å²) in [6, 6.07) is 12.0. The third-order valence-corrected chi connectivity index (χ3v) is 3.79. The molecule has 2 N–H and O–H groups in total. The summed E-state index contributed by atoms with van der Waals surface area (Å²) in [5, 5.41) is 0. The number of anilines is 1. The Labute approximate surface area is 123 Å². The zero-order valence-electron chi connectivity index (χ0n) is 11.7. The van der Waals surface area contributed by atoms with Crippen LogP contribution in [-0.2, 0) is 13.1 Å². The third-order valence-electron chi connectivity index (χ3n) is 3.79. The van der Waals surface area contributed by atoms with Crippen molar-refractivity contribution in [1.29, 1.82) is 0 Å². The van der Waals surface area contributed by atoms with Crippen LogP contribution in [0.25, 0.3) is 0 Å². The van der Waals surface area contributed by atoms with Gasteiger partial charge in [-0.15, -0.1) is 0 Å². The monoisotopic (exact) mass is 288 g/mol. The highest BCUT2D eigenvalue weighted by Crippen LogP contribution is 2.30. The summed E-state index contributed by atoms with van der Waals surface area (Å²) in [5.74, 6) is -1.02. The smallest absolute Gasteiger partial charge is 0.130 e. The predicted molar refractivity (Wildman–Crippen MR) is 79.5 cm³/mol. The summed E-state index contributed by atoms with van der Waals surface area (Å²) in [6.07, 6.45) is 2.26. The van der Waals surface area contributed by atoms with Gasteiger partial charge in [0.1, 0.15) is 11.6 Å². The van der Waals surface area contributed by atoms with Crippen molar-refractivity contribution in [2.45, 2.75) is 32.0 Å². The van der Waals surface area contributed by atoms with Crippen molar-refractivity contribution >= 4 is 5.69 Å². The molecule has 21 heavy (non-hydrogen) atoms. The van der Waals surface area contributed by atoms with Gasteiger partial charge in [0.25, 0.3) is 0 Å². The molecular formula is C17H18F2N2. The molecule has 2 nitrogen and oxygen atoms in total. The van der Waals surface area contributed by atoms with Crippen molar-refractivity contribution in [3.05, 3.63) is 65.2 Å². The van der Waals surface area contributed by atoms with Crippen molar-refractivity contribution in [1.82, 2.24) is 4.90 Å². The van der Waals surface area contributed by atoms with E-state index in [9.17, 15) is 8.78 Å². The van der Waals surface area contributed by atoms with E-state index in [1.165, 1.54) is 12.1 Å². The first kappa shape index (κ1) is 14.0. The molecule has 1 saturated carbocycles. The lowest BCUT2D eigenvalue weighted by Gasteiger charge is -2.22. The van der Waals surface area contributed by atoms with Gasteiger partial charge < -0.3 is 5.73 Å². The van der Waals surface area contributed by atoms with E-state index in [1.807, 2.05) is 24.3 Å². The van der Waals surface area contributed by atoms with Gasteiger partial charge in [-0.05, 0) is 36.6 Å². The summed E-state index contributed by atoms with van der Waals surface area (Å²) in [6.45, 7) is 1.22. The van der Waals surface area contributed by atoms with Gasteiger partial charge in [0, 0.05) is 36.4 Å². The fourth-order valence-electron chi connectivity index (χ4n) is 2.55. The Morgan fingerprint density at radius 2 is 1.86 bits per heavy atom. The average molecular weight is 288 g/mol. The fourth-order valence-corrected chi connectivity index (χ4v) is 2.55. The molecular weight excluding hydrogens is 270 g/mol. The second kappa shape index (κ2) is 5.82. The lowest BCUT2D eigenvalue weighted by molar-refractivity contribution is 0.242. The number of nitrogen functional groups attached to an aromatic ring is 1. The standard InChI is InChI=1S/C17H18F2N2/c18-14-5-4-13(17(19)9-14)11-21(16-6-7-16)10-12-2-1-3-15(20)8-12/h1-5,8-9,16H,6-7,10-11,20H2. The van der Waals surface area contributed by atoms with Crippen LogP contribution in [0.5, 0.6) is 0 Å². The summed E-state index contributed by atoms with van der Waals surface area (Å²) in [4.78, 5) is 2.23. The lowest BCUT2D eigenvalue weighted by atomic mass is 10.1.